The molecule has 23 heavy (non-hydrogen) atoms. The fourth-order valence-corrected chi connectivity index (χ4v) is 2.84. The van der Waals surface area contributed by atoms with Gasteiger partial charge in [0.1, 0.15) is 5.75 Å². The molecule has 0 radical (unpaired) electrons. The molecule has 0 spiro atoms. The van der Waals surface area contributed by atoms with Gasteiger partial charge in [-0.15, -0.1) is 11.8 Å². The average molecular weight is 350 g/mol. The molecule has 0 heterocycles. The van der Waals surface area contributed by atoms with Crippen LogP contribution in [0.25, 0.3) is 0 Å². The van der Waals surface area contributed by atoms with Crippen molar-refractivity contribution in [1.29, 1.82) is 0 Å². The van der Waals surface area contributed by atoms with Crippen LogP contribution in [0.1, 0.15) is 11.1 Å². The van der Waals surface area contributed by atoms with Gasteiger partial charge in [0.15, 0.2) is 0 Å². The van der Waals surface area contributed by atoms with E-state index in [1.54, 1.807) is 11.8 Å². The summed E-state index contributed by atoms with van der Waals surface area (Å²) in [5.41, 5.74) is 2.12. The number of nitrogens with one attached hydrogen (secondary N) is 1. The molecule has 0 aliphatic heterocycles. The van der Waals surface area contributed by atoms with Gasteiger partial charge in [-0.1, -0.05) is 41.9 Å². The predicted molar refractivity (Wildman–Crippen MR) is 97.3 cm³/mol. The van der Waals surface area contributed by atoms with Crippen LogP contribution in [0.5, 0.6) is 5.75 Å². The maximum absolute atomic E-state index is 11.8. The molecule has 2 aromatic rings. The second kappa shape index (κ2) is 9.48. The third-order valence-electron chi connectivity index (χ3n) is 3.19. The molecule has 0 bridgehead atoms. The summed E-state index contributed by atoms with van der Waals surface area (Å²) in [5, 5.41) is 3.56. The van der Waals surface area contributed by atoms with Gasteiger partial charge in [0.05, 0.1) is 12.4 Å². The van der Waals surface area contributed by atoms with Crippen LogP contribution in [-0.4, -0.2) is 24.0 Å². The number of halogens is 1. The number of carbonyl (C=O) groups is 1. The van der Waals surface area contributed by atoms with Crippen molar-refractivity contribution in [2.24, 2.45) is 0 Å². The summed E-state index contributed by atoms with van der Waals surface area (Å²) in [6.45, 7) is 3.11. The minimum Gasteiger partial charge on any atom is -0.492 e. The highest BCUT2D eigenvalue weighted by Gasteiger charge is 2.03. The van der Waals surface area contributed by atoms with Crippen molar-refractivity contribution in [2.75, 3.05) is 18.1 Å². The maximum Gasteiger partial charge on any atom is 0.230 e. The number of thioether (sulfide) groups is 1. The van der Waals surface area contributed by atoms with Crippen LogP contribution >= 0.6 is 23.4 Å². The molecule has 5 heteroatoms. The molecule has 0 fully saturated rings. The van der Waals surface area contributed by atoms with Gasteiger partial charge in [0, 0.05) is 17.3 Å². The van der Waals surface area contributed by atoms with Crippen molar-refractivity contribution in [3.63, 3.8) is 0 Å². The van der Waals surface area contributed by atoms with E-state index < -0.39 is 0 Å². The molecule has 0 saturated carbocycles. The first-order valence-electron chi connectivity index (χ1n) is 7.42. The first-order valence-corrected chi connectivity index (χ1v) is 8.96. The Balaban J connectivity index is 1.59. The van der Waals surface area contributed by atoms with Gasteiger partial charge in [-0.05, 0) is 36.2 Å². The van der Waals surface area contributed by atoms with Crippen molar-refractivity contribution in [1.82, 2.24) is 5.32 Å². The highest BCUT2D eigenvalue weighted by Crippen LogP contribution is 2.16. The maximum atomic E-state index is 11.8. The Labute approximate surface area is 146 Å². The third-order valence-corrected chi connectivity index (χ3v) is 4.35. The molecule has 0 aliphatic carbocycles. The van der Waals surface area contributed by atoms with E-state index in [1.165, 1.54) is 0 Å². The molecule has 3 nitrogen and oxygen atoms in total. The van der Waals surface area contributed by atoms with Gasteiger partial charge in [0.2, 0.25) is 5.91 Å². The highest BCUT2D eigenvalue weighted by atomic mass is 35.5. The van der Waals surface area contributed by atoms with Gasteiger partial charge < -0.3 is 10.1 Å². The van der Waals surface area contributed by atoms with Crippen molar-refractivity contribution >= 4 is 29.3 Å². The normalized spacial score (nSPS) is 10.3. The van der Waals surface area contributed by atoms with Crippen LogP contribution in [0, 0.1) is 6.92 Å². The van der Waals surface area contributed by atoms with Gasteiger partial charge in [-0.3, -0.25) is 4.79 Å². The SMILES string of the molecule is Cc1ccccc1OCCSCC(=O)NCc1cccc(Cl)c1. The number of aryl methyl sites for hydroxylation is 1. The van der Waals surface area contributed by atoms with E-state index in [-0.39, 0.29) is 5.91 Å². The molecular weight excluding hydrogens is 330 g/mol. The van der Waals surface area contributed by atoms with Crippen LogP contribution in [0.2, 0.25) is 5.02 Å². The number of carbonyl (C=O) groups excluding carboxylic acids is 1. The number of rotatable bonds is 8. The fourth-order valence-electron chi connectivity index (χ4n) is 1.99. The minimum atomic E-state index is 0.0193. The molecule has 0 atom stereocenters. The Hall–Kier alpha value is -1.65. The van der Waals surface area contributed by atoms with Crippen LogP contribution in [0.4, 0.5) is 0 Å². The molecule has 1 N–H and O–H groups in total. The molecule has 2 aromatic carbocycles. The molecular formula is C18H20ClNO2S. The smallest absolute Gasteiger partial charge is 0.230 e. The molecule has 0 aliphatic rings. The molecule has 2 rings (SSSR count). The summed E-state index contributed by atoms with van der Waals surface area (Å²) in [5.74, 6) is 2.13. The van der Waals surface area contributed by atoms with E-state index in [1.807, 2.05) is 55.5 Å². The van der Waals surface area contributed by atoms with Gasteiger partial charge in [-0.25, -0.2) is 0 Å². The Bertz CT molecular complexity index is 648. The minimum absolute atomic E-state index is 0.0193. The summed E-state index contributed by atoms with van der Waals surface area (Å²) < 4.78 is 5.69. The largest absolute Gasteiger partial charge is 0.492 e. The zero-order chi connectivity index (χ0) is 16.5. The zero-order valence-electron chi connectivity index (χ0n) is 13.0. The number of hydrogen-bond acceptors (Lipinski definition) is 3. The lowest BCUT2D eigenvalue weighted by molar-refractivity contribution is -0.118. The predicted octanol–water partition coefficient (Wildman–Crippen LogP) is 4.08. The fraction of sp³-hybridized carbons (Fsp3) is 0.278. The quantitative estimate of drug-likeness (QED) is 0.730. The standard InChI is InChI=1S/C18H20ClNO2S/c1-14-5-2-3-8-17(14)22-9-10-23-13-18(21)20-12-15-6-4-7-16(19)11-15/h2-8,11H,9-10,12-13H2,1H3,(H,20,21). The van der Waals surface area contributed by atoms with Crippen molar-refractivity contribution in [3.05, 3.63) is 64.7 Å². The Morgan fingerprint density at radius 2 is 2.04 bits per heavy atom. The van der Waals surface area contributed by atoms with Gasteiger partial charge in [-0.2, -0.15) is 0 Å². The Morgan fingerprint density at radius 3 is 2.83 bits per heavy atom. The topological polar surface area (TPSA) is 38.3 Å². The van der Waals surface area contributed by atoms with Crippen molar-refractivity contribution < 1.29 is 9.53 Å². The molecule has 0 saturated heterocycles. The van der Waals surface area contributed by atoms with Crippen LogP contribution in [0.15, 0.2) is 48.5 Å². The molecule has 0 aromatic heterocycles. The monoisotopic (exact) mass is 349 g/mol. The average Bonchev–Trinajstić information content (AvgIpc) is 2.54. The number of amides is 1. The molecule has 122 valence electrons. The van der Waals surface area contributed by atoms with E-state index in [9.17, 15) is 4.79 Å². The first-order chi connectivity index (χ1) is 11.1. The van der Waals surface area contributed by atoms with E-state index in [4.69, 9.17) is 16.3 Å². The van der Waals surface area contributed by atoms with Crippen molar-refractivity contribution in [3.8, 4) is 5.75 Å². The molecule has 1 amide bonds. The Morgan fingerprint density at radius 1 is 1.22 bits per heavy atom. The van der Waals surface area contributed by atoms with Crippen molar-refractivity contribution in [2.45, 2.75) is 13.5 Å². The lowest BCUT2D eigenvalue weighted by Gasteiger charge is -2.09. The van der Waals surface area contributed by atoms with E-state index >= 15 is 0 Å². The van der Waals surface area contributed by atoms with Gasteiger partial charge in [0.25, 0.3) is 0 Å². The second-order valence-corrected chi connectivity index (χ2v) is 6.61. The summed E-state index contributed by atoms with van der Waals surface area (Å²) >= 11 is 7.47. The molecule has 0 unspecified atom stereocenters. The van der Waals surface area contributed by atoms with Crippen LogP contribution < -0.4 is 10.1 Å². The first kappa shape index (κ1) is 17.7. The highest BCUT2D eigenvalue weighted by molar-refractivity contribution is 7.99. The number of ether oxygens (including phenoxy) is 1. The lowest BCUT2D eigenvalue weighted by Crippen LogP contribution is -2.24. The number of benzene rings is 2. The zero-order valence-corrected chi connectivity index (χ0v) is 14.6. The van der Waals surface area contributed by atoms with E-state index in [0.29, 0.717) is 23.9 Å². The number of para-hydroxylation sites is 1. The number of hydrogen-bond donors (Lipinski definition) is 1. The second-order valence-electron chi connectivity index (χ2n) is 5.07. The summed E-state index contributed by atoms with van der Waals surface area (Å²) in [4.78, 5) is 11.8. The lowest BCUT2D eigenvalue weighted by atomic mass is 10.2. The summed E-state index contributed by atoms with van der Waals surface area (Å²) in [6, 6.07) is 15.4. The van der Waals surface area contributed by atoms with E-state index in [0.717, 1.165) is 22.6 Å². The summed E-state index contributed by atoms with van der Waals surface area (Å²) in [6.07, 6.45) is 0. The van der Waals surface area contributed by atoms with E-state index in [2.05, 4.69) is 5.32 Å². The van der Waals surface area contributed by atoms with Gasteiger partial charge >= 0.3 is 0 Å². The van der Waals surface area contributed by atoms with Crippen LogP contribution in [-0.2, 0) is 11.3 Å². The third kappa shape index (κ3) is 6.55. The Kier molecular flexibility index (Phi) is 7.30. The summed E-state index contributed by atoms with van der Waals surface area (Å²) in [7, 11) is 0. The van der Waals surface area contributed by atoms with Crippen LogP contribution in [0.3, 0.4) is 0 Å².